The molecule has 6 nitrogen and oxygen atoms in total. The fourth-order valence-corrected chi connectivity index (χ4v) is 3.54. The molecular weight excluding hydrogens is 385 g/mol. The quantitative estimate of drug-likeness (QED) is 0.767. The van der Waals surface area contributed by atoms with Crippen molar-refractivity contribution in [2.24, 2.45) is 5.92 Å². The Labute approximate surface area is 175 Å². The molecule has 0 spiro atoms. The Kier molecular flexibility index (Phi) is 7.17. The summed E-state index contributed by atoms with van der Waals surface area (Å²) in [7, 11) is 0. The lowest BCUT2D eigenvalue weighted by Gasteiger charge is -2.31. The molecule has 3 rings (SSSR count). The lowest BCUT2D eigenvalue weighted by Crippen LogP contribution is -2.42. The van der Waals surface area contributed by atoms with Crippen molar-refractivity contribution in [1.29, 1.82) is 0 Å². The van der Waals surface area contributed by atoms with Crippen molar-refractivity contribution >= 4 is 17.7 Å². The second-order valence-corrected chi connectivity index (χ2v) is 7.35. The maximum absolute atomic E-state index is 13.0. The highest BCUT2D eigenvalue weighted by atomic mass is 19.1. The van der Waals surface area contributed by atoms with Gasteiger partial charge in [-0.15, -0.1) is 0 Å². The average molecular weight is 411 g/mol. The Morgan fingerprint density at radius 2 is 1.70 bits per heavy atom. The molecule has 0 bridgehead atoms. The molecule has 1 aliphatic rings. The number of amides is 3. The first-order valence-corrected chi connectivity index (χ1v) is 10.2. The van der Waals surface area contributed by atoms with Crippen LogP contribution >= 0.6 is 0 Å². The van der Waals surface area contributed by atoms with E-state index in [0.29, 0.717) is 50.1 Å². The van der Waals surface area contributed by atoms with Gasteiger partial charge < -0.3 is 15.5 Å². The van der Waals surface area contributed by atoms with Gasteiger partial charge in [0.15, 0.2) is 0 Å². The second kappa shape index (κ2) is 10.0. The summed E-state index contributed by atoms with van der Waals surface area (Å²) in [5, 5.41) is 5.69. The van der Waals surface area contributed by atoms with Crippen LogP contribution in [-0.2, 0) is 11.3 Å². The van der Waals surface area contributed by atoms with Crippen molar-refractivity contribution in [2.75, 3.05) is 19.6 Å². The van der Waals surface area contributed by atoms with E-state index in [-0.39, 0.29) is 29.5 Å². The minimum absolute atomic E-state index is 0.0488. The largest absolute Gasteiger partial charge is 0.352 e. The van der Waals surface area contributed by atoms with E-state index >= 15 is 0 Å². The Bertz CT molecular complexity index is 906. The number of piperidine rings is 1. The van der Waals surface area contributed by atoms with Crippen LogP contribution in [-0.4, -0.2) is 42.3 Å². The molecule has 1 heterocycles. The highest BCUT2D eigenvalue weighted by Crippen LogP contribution is 2.20. The molecule has 0 aliphatic carbocycles. The van der Waals surface area contributed by atoms with Gasteiger partial charge in [0.2, 0.25) is 5.91 Å². The predicted octanol–water partition coefficient (Wildman–Crippen LogP) is 2.74. The highest BCUT2D eigenvalue weighted by molar-refractivity contribution is 5.95. The van der Waals surface area contributed by atoms with Crippen LogP contribution in [0.15, 0.2) is 48.5 Å². The molecule has 0 unspecified atom stereocenters. The Morgan fingerprint density at radius 3 is 2.37 bits per heavy atom. The third kappa shape index (κ3) is 5.43. The summed E-state index contributed by atoms with van der Waals surface area (Å²) >= 11 is 0. The number of carbonyl (C=O) groups excluding carboxylic acids is 3. The summed E-state index contributed by atoms with van der Waals surface area (Å²) < 4.78 is 13.0. The van der Waals surface area contributed by atoms with Gasteiger partial charge in [-0.25, -0.2) is 4.39 Å². The van der Waals surface area contributed by atoms with Crippen LogP contribution in [0.2, 0.25) is 0 Å². The van der Waals surface area contributed by atoms with Crippen LogP contribution in [0.3, 0.4) is 0 Å². The molecule has 0 radical (unpaired) electrons. The smallest absolute Gasteiger partial charge is 0.253 e. The molecule has 7 heteroatoms. The van der Waals surface area contributed by atoms with Crippen LogP contribution in [0.25, 0.3) is 0 Å². The zero-order chi connectivity index (χ0) is 21.5. The van der Waals surface area contributed by atoms with Gasteiger partial charge in [-0.3, -0.25) is 14.4 Å². The third-order valence-electron chi connectivity index (χ3n) is 5.24. The van der Waals surface area contributed by atoms with Crippen LogP contribution in [0.1, 0.15) is 46.0 Å². The average Bonchev–Trinajstić information content (AvgIpc) is 2.78. The Morgan fingerprint density at radius 1 is 1.00 bits per heavy atom. The van der Waals surface area contributed by atoms with Crippen LogP contribution < -0.4 is 10.6 Å². The molecule has 158 valence electrons. The van der Waals surface area contributed by atoms with Gasteiger partial charge in [-0.1, -0.05) is 12.1 Å². The molecule has 1 aliphatic heterocycles. The number of nitrogens with zero attached hydrogens (tertiary/aromatic N) is 1. The standard InChI is InChI=1S/C23H26FN3O3/c1-2-25-22(29)19-5-3-4-16(14-19)15-26-21(28)17-10-12-27(13-11-17)23(30)18-6-8-20(24)9-7-18/h3-9,14,17H,2,10-13,15H2,1H3,(H,25,29)(H,26,28). The van der Waals surface area contributed by atoms with Crippen molar-refractivity contribution in [3.63, 3.8) is 0 Å². The zero-order valence-corrected chi connectivity index (χ0v) is 17.0. The fourth-order valence-electron chi connectivity index (χ4n) is 3.54. The lowest BCUT2D eigenvalue weighted by atomic mass is 9.95. The number of rotatable bonds is 6. The molecule has 2 aromatic carbocycles. The fraction of sp³-hybridized carbons (Fsp3) is 0.348. The number of benzene rings is 2. The van der Waals surface area contributed by atoms with Gasteiger partial charge in [-0.05, 0) is 61.7 Å². The topological polar surface area (TPSA) is 78.5 Å². The van der Waals surface area contributed by atoms with Crippen molar-refractivity contribution < 1.29 is 18.8 Å². The summed E-state index contributed by atoms with van der Waals surface area (Å²) in [5.74, 6) is -0.862. The van der Waals surface area contributed by atoms with E-state index in [9.17, 15) is 18.8 Å². The van der Waals surface area contributed by atoms with E-state index < -0.39 is 0 Å². The molecule has 0 aromatic heterocycles. The molecule has 0 atom stereocenters. The van der Waals surface area contributed by atoms with Gasteiger partial charge in [0, 0.05) is 43.2 Å². The first-order chi connectivity index (χ1) is 14.5. The van der Waals surface area contributed by atoms with E-state index in [1.54, 1.807) is 23.1 Å². The first-order valence-electron chi connectivity index (χ1n) is 10.2. The summed E-state index contributed by atoms with van der Waals surface area (Å²) in [6.07, 6.45) is 1.16. The maximum Gasteiger partial charge on any atom is 0.253 e. The van der Waals surface area contributed by atoms with E-state index in [2.05, 4.69) is 10.6 Å². The lowest BCUT2D eigenvalue weighted by molar-refractivity contribution is -0.126. The molecule has 30 heavy (non-hydrogen) atoms. The molecule has 0 saturated carbocycles. The number of nitrogens with one attached hydrogen (secondary N) is 2. The monoisotopic (exact) mass is 411 g/mol. The predicted molar refractivity (Wildman–Crippen MR) is 111 cm³/mol. The highest BCUT2D eigenvalue weighted by Gasteiger charge is 2.27. The van der Waals surface area contributed by atoms with Gasteiger partial charge in [0.1, 0.15) is 5.82 Å². The van der Waals surface area contributed by atoms with Gasteiger partial charge in [-0.2, -0.15) is 0 Å². The summed E-state index contributed by atoms with van der Waals surface area (Å²) in [6, 6.07) is 12.7. The molecular formula is C23H26FN3O3. The maximum atomic E-state index is 13.0. The Balaban J connectivity index is 1.49. The minimum Gasteiger partial charge on any atom is -0.352 e. The summed E-state index contributed by atoms with van der Waals surface area (Å²) in [5.41, 5.74) is 1.87. The summed E-state index contributed by atoms with van der Waals surface area (Å²) in [4.78, 5) is 38.7. The number of hydrogen-bond acceptors (Lipinski definition) is 3. The molecule has 2 N–H and O–H groups in total. The van der Waals surface area contributed by atoms with E-state index in [0.717, 1.165) is 5.56 Å². The third-order valence-corrected chi connectivity index (χ3v) is 5.24. The SMILES string of the molecule is CCNC(=O)c1cccc(CNC(=O)C2CCN(C(=O)c3ccc(F)cc3)CC2)c1. The molecule has 3 amide bonds. The number of hydrogen-bond donors (Lipinski definition) is 2. The van der Waals surface area contributed by atoms with Crippen molar-refractivity contribution in [1.82, 2.24) is 15.5 Å². The van der Waals surface area contributed by atoms with Crippen LogP contribution in [0, 0.1) is 11.7 Å². The van der Waals surface area contributed by atoms with Crippen LogP contribution in [0.5, 0.6) is 0 Å². The van der Waals surface area contributed by atoms with Gasteiger partial charge in [0.25, 0.3) is 11.8 Å². The van der Waals surface area contributed by atoms with Crippen LogP contribution in [0.4, 0.5) is 4.39 Å². The van der Waals surface area contributed by atoms with Crippen molar-refractivity contribution in [3.8, 4) is 0 Å². The van der Waals surface area contributed by atoms with Gasteiger partial charge in [0.05, 0.1) is 0 Å². The minimum atomic E-state index is -0.376. The number of likely N-dealkylation sites (tertiary alicyclic amines) is 1. The molecule has 1 fully saturated rings. The van der Waals surface area contributed by atoms with E-state index in [4.69, 9.17) is 0 Å². The molecule has 2 aromatic rings. The first kappa shape index (κ1) is 21.5. The Hall–Kier alpha value is -3.22. The zero-order valence-electron chi connectivity index (χ0n) is 17.0. The second-order valence-electron chi connectivity index (χ2n) is 7.35. The van der Waals surface area contributed by atoms with Gasteiger partial charge >= 0.3 is 0 Å². The number of carbonyl (C=O) groups is 3. The van der Waals surface area contributed by atoms with E-state index in [1.165, 1.54) is 24.3 Å². The van der Waals surface area contributed by atoms with Crippen molar-refractivity contribution in [2.45, 2.75) is 26.3 Å². The van der Waals surface area contributed by atoms with Crippen molar-refractivity contribution in [3.05, 3.63) is 71.0 Å². The summed E-state index contributed by atoms with van der Waals surface area (Å²) in [6.45, 7) is 3.74. The molecule has 1 saturated heterocycles. The number of halogens is 1. The van der Waals surface area contributed by atoms with E-state index in [1.807, 2.05) is 13.0 Å². The normalized spacial score (nSPS) is 14.3.